The van der Waals surface area contributed by atoms with E-state index in [1.165, 1.54) is 18.2 Å². The molecule has 144 valence electrons. The number of hydrogen-bond donors (Lipinski definition) is 3. The Kier molecular flexibility index (Phi) is 6.95. The molecule has 2 rings (SSSR count). The first-order valence-corrected chi connectivity index (χ1v) is 8.44. The van der Waals surface area contributed by atoms with Crippen molar-refractivity contribution < 1.29 is 27.7 Å². The zero-order valence-electron chi connectivity index (χ0n) is 14.8. The van der Waals surface area contributed by atoms with Crippen molar-refractivity contribution in [3.63, 3.8) is 0 Å². The van der Waals surface area contributed by atoms with Gasteiger partial charge in [0, 0.05) is 5.69 Å². The van der Waals surface area contributed by atoms with Crippen molar-refractivity contribution in [2.24, 2.45) is 0 Å². The molecule has 2 aromatic rings. The molecule has 27 heavy (non-hydrogen) atoms. The third kappa shape index (κ3) is 6.41. The molecule has 0 aliphatic rings. The molecule has 1 unspecified atom stereocenters. The molecule has 8 heteroatoms. The Morgan fingerprint density at radius 1 is 0.889 bits per heavy atom. The largest absolute Gasteiger partial charge is 0.418 e. The molecule has 2 amide bonds. The van der Waals surface area contributed by atoms with Gasteiger partial charge >= 0.3 is 6.18 Å². The van der Waals surface area contributed by atoms with Gasteiger partial charge in [0.25, 0.3) is 11.8 Å². The third-order valence-corrected chi connectivity index (χ3v) is 3.89. The lowest BCUT2D eigenvalue weighted by Gasteiger charge is -2.18. The van der Waals surface area contributed by atoms with Crippen LogP contribution in [0, 0.1) is 0 Å². The van der Waals surface area contributed by atoms with Gasteiger partial charge in [-0.15, -0.1) is 0 Å². The number of para-hydroxylation sites is 2. The predicted molar refractivity (Wildman–Crippen MR) is 96.4 cm³/mol. The van der Waals surface area contributed by atoms with E-state index in [1.54, 1.807) is 31.2 Å². The van der Waals surface area contributed by atoms with Crippen LogP contribution in [0.3, 0.4) is 0 Å². The number of anilines is 2. The summed E-state index contributed by atoms with van der Waals surface area (Å²) < 4.78 is 39.0. The lowest BCUT2D eigenvalue weighted by Crippen LogP contribution is -3.13. The highest BCUT2D eigenvalue weighted by Gasteiger charge is 2.33. The second-order valence-electron chi connectivity index (χ2n) is 5.96. The average molecular weight is 380 g/mol. The zero-order chi connectivity index (χ0) is 19.9. The van der Waals surface area contributed by atoms with E-state index in [0.717, 1.165) is 6.07 Å². The van der Waals surface area contributed by atoms with Gasteiger partial charge in [0.1, 0.15) is 0 Å². The Morgan fingerprint density at radius 2 is 1.44 bits per heavy atom. The third-order valence-electron chi connectivity index (χ3n) is 3.89. The number of likely N-dealkylation sites (N-methyl/N-ethyl adjacent to an activating group) is 1. The molecule has 3 N–H and O–H groups in total. The van der Waals surface area contributed by atoms with E-state index in [-0.39, 0.29) is 24.7 Å². The maximum absolute atomic E-state index is 13.0. The van der Waals surface area contributed by atoms with Crippen molar-refractivity contribution in [3.05, 3.63) is 60.2 Å². The van der Waals surface area contributed by atoms with Crippen LogP contribution in [0.4, 0.5) is 24.5 Å². The minimum Gasteiger partial charge on any atom is -0.321 e. The molecule has 0 spiro atoms. The van der Waals surface area contributed by atoms with E-state index in [1.807, 2.05) is 6.07 Å². The highest BCUT2D eigenvalue weighted by molar-refractivity contribution is 5.93. The van der Waals surface area contributed by atoms with Crippen LogP contribution in [-0.2, 0) is 15.8 Å². The van der Waals surface area contributed by atoms with Crippen molar-refractivity contribution >= 4 is 23.2 Å². The number of rotatable bonds is 7. The van der Waals surface area contributed by atoms with Gasteiger partial charge in [-0.05, 0) is 31.2 Å². The summed E-state index contributed by atoms with van der Waals surface area (Å²) >= 11 is 0. The molecule has 5 nitrogen and oxygen atoms in total. The summed E-state index contributed by atoms with van der Waals surface area (Å²) in [6.45, 7) is 2.17. The van der Waals surface area contributed by atoms with Crippen molar-refractivity contribution in [3.8, 4) is 0 Å². The first kappa shape index (κ1) is 20.4. The second kappa shape index (κ2) is 9.18. The molecule has 0 aromatic heterocycles. The first-order chi connectivity index (χ1) is 12.8. The van der Waals surface area contributed by atoms with Gasteiger partial charge in [0.15, 0.2) is 13.1 Å². The number of nitrogens with one attached hydrogen (secondary N) is 3. The summed E-state index contributed by atoms with van der Waals surface area (Å²) in [6.07, 6.45) is -4.56. The molecule has 0 bridgehead atoms. The topological polar surface area (TPSA) is 62.6 Å². The van der Waals surface area contributed by atoms with Gasteiger partial charge in [-0.25, -0.2) is 0 Å². The van der Waals surface area contributed by atoms with Crippen LogP contribution in [0.5, 0.6) is 0 Å². The summed E-state index contributed by atoms with van der Waals surface area (Å²) in [5.74, 6) is -0.863. The molecule has 0 radical (unpaired) electrons. The van der Waals surface area contributed by atoms with Crippen LogP contribution >= 0.6 is 0 Å². The van der Waals surface area contributed by atoms with Gasteiger partial charge in [-0.1, -0.05) is 30.3 Å². The number of alkyl halides is 3. The molecule has 0 saturated carbocycles. The Balaban J connectivity index is 1.94. The summed E-state index contributed by atoms with van der Waals surface area (Å²) in [7, 11) is 0. The van der Waals surface area contributed by atoms with Crippen LogP contribution in [0.2, 0.25) is 0 Å². The predicted octanol–water partition coefficient (Wildman–Crippen LogP) is 2.19. The van der Waals surface area contributed by atoms with E-state index < -0.39 is 17.6 Å². The Labute approximate surface area is 155 Å². The van der Waals surface area contributed by atoms with Crippen molar-refractivity contribution in [1.29, 1.82) is 0 Å². The Morgan fingerprint density at radius 3 is 2.04 bits per heavy atom. The fourth-order valence-electron chi connectivity index (χ4n) is 2.53. The molecular formula is C19H21F3N3O2+. The highest BCUT2D eigenvalue weighted by Crippen LogP contribution is 2.34. The molecule has 0 fully saturated rings. The number of benzene rings is 2. The SMILES string of the molecule is CC[NH+](CC(=O)Nc1ccccc1)CC(=O)Nc1ccccc1C(F)(F)F. The zero-order valence-corrected chi connectivity index (χ0v) is 14.8. The van der Waals surface area contributed by atoms with Crippen LogP contribution in [-0.4, -0.2) is 31.4 Å². The van der Waals surface area contributed by atoms with Crippen LogP contribution in [0.25, 0.3) is 0 Å². The minimum atomic E-state index is -4.56. The molecule has 0 aliphatic carbocycles. The van der Waals surface area contributed by atoms with Crippen molar-refractivity contribution in [2.45, 2.75) is 13.1 Å². The summed E-state index contributed by atoms with van der Waals surface area (Å²) in [4.78, 5) is 24.9. The van der Waals surface area contributed by atoms with Crippen molar-refractivity contribution in [2.75, 3.05) is 30.3 Å². The number of carbonyl (C=O) groups excluding carboxylic acids is 2. The number of carbonyl (C=O) groups is 2. The van der Waals surface area contributed by atoms with E-state index in [9.17, 15) is 22.8 Å². The lowest BCUT2D eigenvalue weighted by molar-refractivity contribution is -0.881. The maximum Gasteiger partial charge on any atom is 0.418 e. The molecule has 0 heterocycles. The number of quaternary nitrogens is 1. The van der Waals surface area contributed by atoms with Crippen LogP contribution in [0.15, 0.2) is 54.6 Å². The van der Waals surface area contributed by atoms with Crippen molar-refractivity contribution in [1.82, 2.24) is 0 Å². The van der Waals surface area contributed by atoms with E-state index >= 15 is 0 Å². The number of hydrogen-bond acceptors (Lipinski definition) is 2. The van der Waals surface area contributed by atoms with Gasteiger partial charge in [0.2, 0.25) is 0 Å². The monoisotopic (exact) mass is 380 g/mol. The van der Waals surface area contributed by atoms with E-state index in [4.69, 9.17) is 0 Å². The lowest BCUT2D eigenvalue weighted by atomic mass is 10.1. The fraction of sp³-hybridized carbons (Fsp3) is 0.263. The van der Waals surface area contributed by atoms with Gasteiger partial charge in [0.05, 0.1) is 17.8 Å². The quantitative estimate of drug-likeness (QED) is 0.690. The summed E-state index contributed by atoms with van der Waals surface area (Å²) in [5, 5.41) is 5.01. The maximum atomic E-state index is 13.0. The normalized spacial score (nSPS) is 12.3. The van der Waals surface area contributed by atoms with Crippen LogP contribution in [0.1, 0.15) is 12.5 Å². The molecule has 0 saturated heterocycles. The van der Waals surface area contributed by atoms with E-state index in [2.05, 4.69) is 10.6 Å². The minimum absolute atomic E-state index is 0.0275. The second-order valence-corrected chi connectivity index (χ2v) is 5.96. The van der Waals surface area contributed by atoms with Crippen LogP contribution < -0.4 is 15.5 Å². The molecule has 2 aromatic carbocycles. The standard InChI is InChI=1S/C19H20F3N3O2/c1-2-25(12-17(26)23-14-8-4-3-5-9-14)13-18(27)24-16-11-7-6-10-15(16)19(20,21)22/h3-11H,2,12-13H2,1H3,(H,23,26)(H,24,27)/p+1. The number of amides is 2. The summed E-state index contributed by atoms with van der Waals surface area (Å²) in [6, 6.07) is 13.7. The van der Waals surface area contributed by atoms with E-state index in [0.29, 0.717) is 17.1 Å². The average Bonchev–Trinajstić information content (AvgIpc) is 2.61. The first-order valence-electron chi connectivity index (χ1n) is 8.44. The number of halogens is 3. The smallest absolute Gasteiger partial charge is 0.321 e. The Bertz CT molecular complexity index is 779. The van der Waals surface area contributed by atoms with Gasteiger partial charge < -0.3 is 15.5 Å². The summed E-state index contributed by atoms with van der Waals surface area (Å²) in [5.41, 5.74) is -0.557. The molecule has 1 atom stereocenters. The van der Waals surface area contributed by atoms with Gasteiger partial charge in [-0.3, -0.25) is 9.59 Å². The highest BCUT2D eigenvalue weighted by atomic mass is 19.4. The Hall–Kier alpha value is -2.87. The molecular weight excluding hydrogens is 359 g/mol. The van der Waals surface area contributed by atoms with Gasteiger partial charge in [-0.2, -0.15) is 13.2 Å². The molecule has 0 aliphatic heterocycles. The fourth-order valence-corrected chi connectivity index (χ4v) is 2.53.